The molecule has 0 amide bonds. The number of fused-ring (bicyclic) bond motifs is 5. The van der Waals surface area contributed by atoms with Gasteiger partial charge in [-0.25, -0.2) is 9.37 Å². The summed E-state index contributed by atoms with van der Waals surface area (Å²) in [6.45, 7) is 6.20. The Labute approximate surface area is 191 Å². The van der Waals surface area contributed by atoms with Crippen molar-refractivity contribution in [2.24, 2.45) is 0 Å². The quantitative estimate of drug-likeness (QED) is 0.495. The number of hydrogen-bond donors (Lipinski definition) is 1. The van der Waals surface area contributed by atoms with Gasteiger partial charge in [0.25, 0.3) is 5.56 Å². The molecule has 0 saturated carbocycles. The number of nitrogens with zero attached hydrogens (tertiary/aromatic N) is 2. The van der Waals surface area contributed by atoms with E-state index in [1.807, 2.05) is 6.92 Å². The zero-order chi connectivity index (χ0) is 23.2. The Hall–Kier alpha value is -2.86. The largest absolute Gasteiger partial charge is 0.377 e. The number of rotatable bonds is 2. The molecule has 3 aliphatic rings. The summed E-state index contributed by atoms with van der Waals surface area (Å²) in [5.74, 6) is -0.164. The van der Waals surface area contributed by atoms with Gasteiger partial charge in [-0.2, -0.15) is 0 Å². The molecule has 1 aromatic carbocycles. The summed E-state index contributed by atoms with van der Waals surface area (Å²) in [6.07, 6.45) is 3.49. The summed E-state index contributed by atoms with van der Waals surface area (Å²) in [7, 11) is 0. The van der Waals surface area contributed by atoms with Crippen LogP contribution in [-0.4, -0.2) is 20.4 Å². The second-order valence-electron chi connectivity index (χ2n) is 9.80. The molecule has 0 fully saturated rings. The molecule has 2 aliphatic carbocycles. The Morgan fingerprint density at radius 2 is 1.94 bits per heavy atom. The Morgan fingerprint density at radius 1 is 1.15 bits per heavy atom. The highest BCUT2D eigenvalue weighted by Gasteiger charge is 2.43. The van der Waals surface area contributed by atoms with Crippen molar-refractivity contribution in [3.8, 4) is 11.4 Å². The van der Waals surface area contributed by atoms with Crippen LogP contribution in [-0.2, 0) is 29.8 Å². The smallest absolute Gasteiger partial charge is 0.254 e. The predicted molar refractivity (Wildman–Crippen MR) is 124 cm³/mol. The SMILES string of the molecule is CC[C@H]1CCc2c(C)c(F)cc3nc4c(c1c23)Cn1c-4cc2c(c1=O)CCC(=O)[C@]2(O)CC. The van der Waals surface area contributed by atoms with E-state index in [1.165, 1.54) is 11.6 Å². The maximum Gasteiger partial charge on any atom is 0.254 e. The van der Waals surface area contributed by atoms with Gasteiger partial charge in [0, 0.05) is 34.6 Å². The van der Waals surface area contributed by atoms with Gasteiger partial charge >= 0.3 is 0 Å². The maximum absolute atomic E-state index is 14.8. The van der Waals surface area contributed by atoms with Crippen LogP contribution in [0, 0.1) is 12.7 Å². The van der Waals surface area contributed by atoms with Crippen molar-refractivity contribution >= 4 is 16.7 Å². The first-order valence-electron chi connectivity index (χ1n) is 12.0. The predicted octanol–water partition coefficient (Wildman–Crippen LogP) is 4.43. The van der Waals surface area contributed by atoms with Crippen LogP contribution < -0.4 is 5.56 Å². The first kappa shape index (κ1) is 20.7. The lowest BCUT2D eigenvalue weighted by atomic mass is 9.76. The topological polar surface area (TPSA) is 72.2 Å². The van der Waals surface area contributed by atoms with Gasteiger partial charge in [-0.1, -0.05) is 13.8 Å². The minimum atomic E-state index is -1.64. The van der Waals surface area contributed by atoms with Gasteiger partial charge in [-0.3, -0.25) is 9.59 Å². The van der Waals surface area contributed by atoms with Crippen LogP contribution in [0.4, 0.5) is 4.39 Å². The van der Waals surface area contributed by atoms with Crippen molar-refractivity contribution in [3.05, 3.63) is 61.7 Å². The monoisotopic (exact) mass is 446 g/mol. The molecular weight excluding hydrogens is 419 g/mol. The van der Waals surface area contributed by atoms with Crippen LogP contribution in [0.2, 0.25) is 0 Å². The fourth-order valence-electron chi connectivity index (χ4n) is 6.44. The first-order chi connectivity index (χ1) is 15.8. The third kappa shape index (κ3) is 2.53. The van der Waals surface area contributed by atoms with Crippen molar-refractivity contribution in [1.82, 2.24) is 9.55 Å². The molecule has 0 unspecified atom stereocenters. The number of pyridine rings is 2. The van der Waals surface area contributed by atoms with Crippen LogP contribution in [0.5, 0.6) is 0 Å². The second kappa shape index (κ2) is 6.83. The highest BCUT2D eigenvalue weighted by Crippen LogP contribution is 2.47. The molecule has 0 spiro atoms. The molecule has 6 rings (SSSR count). The van der Waals surface area contributed by atoms with E-state index in [0.29, 0.717) is 52.5 Å². The van der Waals surface area contributed by atoms with Gasteiger partial charge in [0.05, 0.1) is 23.4 Å². The Kier molecular flexibility index (Phi) is 4.29. The van der Waals surface area contributed by atoms with E-state index in [4.69, 9.17) is 4.98 Å². The van der Waals surface area contributed by atoms with Gasteiger partial charge in [-0.15, -0.1) is 0 Å². The average Bonchev–Trinajstić information content (AvgIpc) is 3.18. The third-order valence-corrected chi connectivity index (χ3v) is 8.37. The number of carbonyl (C=O) groups is 1. The standard InChI is InChI=1S/C27H27FN2O3/c1-4-14-6-7-15-13(3)19(28)11-20-24(15)23(14)17-12-30-21(25(17)29-20)10-18-16(26(30)32)8-9-22(31)27(18,33)5-2/h10-11,14,33H,4-9,12H2,1-3H3/t14-,27-/m0/s1. The number of Topliss-reactive ketones (excluding diaryl/α,β-unsaturated/α-hetero) is 1. The van der Waals surface area contributed by atoms with Crippen LogP contribution in [0.25, 0.3) is 22.3 Å². The van der Waals surface area contributed by atoms with Crippen molar-refractivity contribution in [1.29, 1.82) is 0 Å². The van der Waals surface area contributed by atoms with Gasteiger partial charge in [0.1, 0.15) is 11.4 Å². The van der Waals surface area contributed by atoms with E-state index < -0.39 is 5.60 Å². The molecular formula is C27H27FN2O3. The zero-order valence-electron chi connectivity index (χ0n) is 19.2. The summed E-state index contributed by atoms with van der Waals surface area (Å²) >= 11 is 0. The molecule has 2 aromatic heterocycles. The number of hydrogen-bond acceptors (Lipinski definition) is 4. The number of halogens is 1. The molecule has 33 heavy (non-hydrogen) atoms. The lowest BCUT2D eigenvalue weighted by Crippen LogP contribution is -2.43. The van der Waals surface area contributed by atoms with Gasteiger partial charge in [0.2, 0.25) is 0 Å². The molecule has 1 N–H and O–H groups in total. The second-order valence-corrected chi connectivity index (χ2v) is 9.80. The van der Waals surface area contributed by atoms with Crippen molar-refractivity contribution < 1.29 is 14.3 Å². The molecule has 0 saturated heterocycles. The molecule has 5 nitrogen and oxygen atoms in total. The van der Waals surface area contributed by atoms with Crippen molar-refractivity contribution in [3.63, 3.8) is 0 Å². The minimum Gasteiger partial charge on any atom is -0.377 e. The Bertz CT molecular complexity index is 1450. The van der Waals surface area contributed by atoms with E-state index >= 15 is 0 Å². The van der Waals surface area contributed by atoms with E-state index in [2.05, 4.69) is 6.92 Å². The number of ketones is 1. The molecule has 0 radical (unpaired) electrons. The Morgan fingerprint density at radius 3 is 2.67 bits per heavy atom. The van der Waals surface area contributed by atoms with Gasteiger partial charge in [0.15, 0.2) is 5.78 Å². The number of aryl methyl sites for hydroxylation is 1. The number of benzene rings is 1. The maximum atomic E-state index is 14.8. The highest BCUT2D eigenvalue weighted by atomic mass is 19.1. The molecule has 0 bridgehead atoms. The summed E-state index contributed by atoms with van der Waals surface area (Å²) in [4.78, 5) is 31.1. The first-order valence-corrected chi connectivity index (χ1v) is 12.0. The summed E-state index contributed by atoms with van der Waals surface area (Å²) in [6, 6.07) is 3.31. The van der Waals surface area contributed by atoms with Crippen LogP contribution in [0.15, 0.2) is 16.9 Å². The van der Waals surface area contributed by atoms with Gasteiger partial charge < -0.3 is 9.67 Å². The van der Waals surface area contributed by atoms with Gasteiger partial charge in [-0.05, 0) is 67.7 Å². The minimum absolute atomic E-state index is 0.150. The normalized spacial score (nSPS) is 22.9. The molecule has 6 heteroatoms. The molecule has 3 aromatic rings. The molecule has 170 valence electrons. The van der Waals surface area contributed by atoms with E-state index in [1.54, 1.807) is 17.6 Å². The fourth-order valence-corrected chi connectivity index (χ4v) is 6.44. The van der Waals surface area contributed by atoms with E-state index in [9.17, 15) is 19.1 Å². The summed E-state index contributed by atoms with van der Waals surface area (Å²) < 4.78 is 16.5. The van der Waals surface area contributed by atoms with E-state index in [-0.39, 0.29) is 30.0 Å². The van der Waals surface area contributed by atoms with Crippen LogP contribution in [0.1, 0.15) is 78.8 Å². The highest BCUT2D eigenvalue weighted by molar-refractivity contribution is 5.94. The lowest BCUT2D eigenvalue weighted by molar-refractivity contribution is -0.140. The van der Waals surface area contributed by atoms with Crippen LogP contribution in [0.3, 0.4) is 0 Å². The summed E-state index contributed by atoms with van der Waals surface area (Å²) in [5, 5.41) is 12.3. The fraction of sp³-hybridized carbons (Fsp3) is 0.444. The van der Waals surface area contributed by atoms with E-state index in [0.717, 1.165) is 35.8 Å². The molecule has 3 heterocycles. The van der Waals surface area contributed by atoms with Crippen LogP contribution >= 0.6 is 0 Å². The third-order valence-electron chi connectivity index (χ3n) is 8.37. The number of aromatic nitrogens is 2. The zero-order valence-corrected chi connectivity index (χ0v) is 19.2. The molecule has 2 atom stereocenters. The lowest BCUT2D eigenvalue weighted by Gasteiger charge is -2.32. The molecule has 1 aliphatic heterocycles. The average molecular weight is 447 g/mol. The summed E-state index contributed by atoms with van der Waals surface area (Å²) in [5.41, 5.74) is 5.05. The van der Waals surface area contributed by atoms with Crippen molar-refractivity contribution in [2.75, 3.05) is 0 Å². The van der Waals surface area contributed by atoms with Crippen molar-refractivity contribution in [2.45, 2.75) is 77.4 Å². The number of aliphatic hydroxyl groups is 1. The number of carbonyl (C=O) groups excluding carboxylic acids is 1. The Balaban J connectivity index is 1.70.